The lowest BCUT2D eigenvalue weighted by Crippen LogP contribution is -2.51. The van der Waals surface area contributed by atoms with E-state index in [1.807, 2.05) is 6.07 Å². The summed E-state index contributed by atoms with van der Waals surface area (Å²) in [4.78, 5) is 29.1. The number of carbonyl (C=O) groups is 1. The number of hydrogen-bond acceptors (Lipinski definition) is 10. The van der Waals surface area contributed by atoms with Gasteiger partial charge in [-0.2, -0.15) is 10.2 Å². The molecule has 218 valence electrons. The van der Waals surface area contributed by atoms with E-state index < -0.39 is 6.61 Å². The molecule has 0 unspecified atom stereocenters. The predicted molar refractivity (Wildman–Crippen MR) is 155 cm³/mol. The first kappa shape index (κ1) is 28.0. The van der Waals surface area contributed by atoms with Crippen molar-refractivity contribution in [3.63, 3.8) is 0 Å². The Morgan fingerprint density at radius 1 is 1.05 bits per heavy atom. The van der Waals surface area contributed by atoms with E-state index >= 15 is 0 Å². The fourth-order valence-corrected chi connectivity index (χ4v) is 5.86. The number of ether oxygens (including phenoxy) is 2. The minimum atomic E-state index is -0.483. The highest BCUT2D eigenvalue weighted by Crippen LogP contribution is 2.31. The summed E-state index contributed by atoms with van der Waals surface area (Å²) in [6, 6.07) is 16.6. The normalized spacial score (nSPS) is 18.7. The summed E-state index contributed by atoms with van der Waals surface area (Å²) in [5, 5.41) is 22.1. The van der Waals surface area contributed by atoms with Crippen LogP contribution in [-0.4, -0.2) is 93.9 Å². The molecule has 2 aromatic carbocycles. The molecule has 6 rings (SSSR count). The molecule has 2 N–H and O–H groups in total. The van der Waals surface area contributed by atoms with Crippen LogP contribution in [0.5, 0.6) is 5.75 Å². The van der Waals surface area contributed by atoms with E-state index in [2.05, 4.69) is 55.5 Å². The summed E-state index contributed by atoms with van der Waals surface area (Å²) >= 11 is 0. The van der Waals surface area contributed by atoms with Crippen LogP contribution in [0.4, 0.5) is 11.6 Å². The molecular weight excluding hydrogens is 534 g/mol. The van der Waals surface area contributed by atoms with Crippen molar-refractivity contribution >= 4 is 17.5 Å². The molecule has 3 aliphatic heterocycles. The Hall–Kier alpha value is -4.11. The Morgan fingerprint density at radius 2 is 1.81 bits per heavy atom. The molecule has 0 aliphatic carbocycles. The van der Waals surface area contributed by atoms with E-state index in [4.69, 9.17) is 14.6 Å². The highest BCUT2D eigenvalue weighted by Gasteiger charge is 2.30. The maximum atomic E-state index is 11.7. The van der Waals surface area contributed by atoms with E-state index in [1.165, 1.54) is 24.7 Å². The summed E-state index contributed by atoms with van der Waals surface area (Å²) in [6.07, 6.45) is 4.95. The number of nitrogens with zero attached hydrogens (tertiary/aromatic N) is 6. The highest BCUT2D eigenvalue weighted by atomic mass is 16.5. The van der Waals surface area contributed by atoms with Crippen molar-refractivity contribution in [2.45, 2.75) is 43.7 Å². The van der Waals surface area contributed by atoms with Gasteiger partial charge in [0, 0.05) is 37.2 Å². The number of likely N-dealkylation sites (tertiary alicyclic amines) is 2. The van der Waals surface area contributed by atoms with Gasteiger partial charge in [0.15, 0.2) is 5.82 Å². The first-order valence-corrected chi connectivity index (χ1v) is 14.6. The quantitative estimate of drug-likeness (QED) is 0.416. The maximum absolute atomic E-state index is 11.7. The Labute approximate surface area is 245 Å². The summed E-state index contributed by atoms with van der Waals surface area (Å²) < 4.78 is 11.5. The maximum Gasteiger partial charge on any atom is 0.248 e. The fourth-order valence-electron chi connectivity index (χ4n) is 5.86. The minimum Gasteiger partial charge on any atom is -0.489 e. The second kappa shape index (κ2) is 12.8. The molecule has 1 aromatic heterocycles. The molecule has 11 heteroatoms. The van der Waals surface area contributed by atoms with Crippen LogP contribution < -0.4 is 10.1 Å². The number of anilines is 2. The molecule has 3 aromatic rings. The number of carbonyl (C=O) groups excluding carboxylic acids is 1. The van der Waals surface area contributed by atoms with Crippen LogP contribution in [0.3, 0.4) is 0 Å². The molecule has 4 heterocycles. The molecule has 42 heavy (non-hydrogen) atoms. The van der Waals surface area contributed by atoms with Crippen LogP contribution in [0.15, 0.2) is 48.8 Å². The second-order valence-electron chi connectivity index (χ2n) is 11.1. The third-order valence-corrected chi connectivity index (χ3v) is 8.46. The SMILES string of the molecule is N#Cc1cc(-c2ncnc(Nc3ccc(C4CCN(C5COC5)CC4)cc3)n2)ccc1OC1CCN(C(=O)CO)CC1. The molecule has 3 fully saturated rings. The molecule has 0 atom stereocenters. The van der Waals surface area contributed by atoms with Crippen LogP contribution >= 0.6 is 0 Å². The van der Waals surface area contributed by atoms with Crippen molar-refractivity contribution in [1.29, 1.82) is 5.26 Å². The zero-order valence-corrected chi connectivity index (χ0v) is 23.5. The lowest BCUT2D eigenvalue weighted by molar-refractivity contribution is -0.135. The molecule has 0 spiro atoms. The highest BCUT2D eigenvalue weighted by molar-refractivity contribution is 5.77. The van der Waals surface area contributed by atoms with Crippen LogP contribution in [0.1, 0.15) is 42.7 Å². The lowest BCUT2D eigenvalue weighted by Gasteiger charge is -2.41. The summed E-state index contributed by atoms with van der Waals surface area (Å²) in [5.74, 6) is 1.66. The number of aromatic nitrogens is 3. The summed E-state index contributed by atoms with van der Waals surface area (Å²) in [6.45, 7) is 4.55. The van der Waals surface area contributed by atoms with Crippen molar-refractivity contribution in [3.8, 4) is 23.2 Å². The predicted octanol–water partition coefficient (Wildman–Crippen LogP) is 3.09. The number of aliphatic hydroxyl groups excluding tert-OH is 1. The topological polar surface area (TPSA) is 137 Å². The fraction of sp³-hybridized carbons (Fsp3) is 0.452. The van der Waals surface area contributed by atoms with Gasteiger partial charge in [-0.1, -0.05) is 12.1 Å². The van der Waals surface area contributed by atoms with E-state index in [-0.39, 0.29) is 12.0 Å². The lowest BCUT2D eigenvalue weighted by atomic mass is 9.88. The standard InChI is InChI=1S/C31H35N7O4/c32-16-24-15-23(3-6-28(24)42-27-9-13-38(14-10-27)29(40)17-39)30-33-20-34-31(36-30)35-25-4-1-21(2-5-25)22-7-11-37(12-8-22)26-18-41-19-26/h1-6,15,20,22,26-27,39H,7-14,17-19H2,(H,33,34,35,36). The van der Waals surface area contributed by atoms with Crippen molar-refractivity contribution < 1.29 is 19.4 Å². The number of rotatable bonds is 8. The van der Waals surface area contributed by atoms with E-state index in [1.54, 1.807) is 17.0 Å². The smallest absolute Gasteiger partial charge is 0.248 e. The van der Waals surface area contributed by atoms with Gasteiger partial charge in [0.05, 0.1) is 24.8 Å². The number of aliphatic hydroxyl groups is 1. The van der Waals surface area contributed by atoms with Crippen LogP contribution in [0, 0.1) is 11.3 Å². The van der Waals surface area contributed by atoms with Crippen molar-refractivity contribution in [2.75, 3.05) is 51.3 Å². The summed E-state index contributed by atoms with van der Waals surface area (Å²) in [7, 11) is 0. The van der Waals surface area contributed by atoms with Gasteiger partial charge in [-0.15, -0.1) is 0 Å². The monoisotopic (exact) mass is 569 g/mol. The number of amides is 1. The first-order valence-electron chi connectivity index (χ1n) is 14.6. The zero-order chi connectivity index (χ0) is 28.9. The summed E-state index contributed by atoms with van der Waals surface area (Å²) in [5.41, 5.74) is 3.33. The zero-order valence-electron chi connectivity index (χ0n) is 23.5. The van der Waals surface area contributed by atoms with Gasteiger partial charge in [-0.3, -0.25) is 9.69 Å². The Kier molecular flexibility index (Phi) is 8.55. The Balaban J connectivity index is 1.07. The molecular formula is C31H35N7O4. The van der Waals surface area contributed by atoms with Crippen LogP contribution in [-0.2, 0) is 9.53 Å². The van der Waals surface area contributed by atoms with Gasteiger partial charge in [0.1, 0.15) is 30.9 Å². The Morgan fingerprint density at radius 3 is 2.48 bits per heavy atom. The molecule has 11 nitrogen and oxygen atoms in total. The number of nitrogens with one attached hydrogen (secondary N) is 1. The Bertz CT molecular complexity index is 1420. The molecule has 1 amide bonds. The van der Waals surface area contributed by atoms with Crippen molar-refractivity contribution in [3.05, 3.63) is 59.9 Å². The van der Waals surface area contributed by atoms with Crippen molar-refractivity contribution in [1.82, 2.24) is 24.8 Å². The molecule has 0 saturated carbocycles. The van der Waals surface area contributed by atoms with Gasteiger partial charge >= 0.3 is 0 Å². The van der Waals surface area contributed by atoms with Gasteiger partial charge < -0.3 is 24.8 Å². The first-order chi connectivity index (χ1) is 20.6. The van der Waals surface area contributed by atoms with Crippen molar-refractivity contribution in [2.24, 2.45) is 0 Å². The second-order valence-corrected chi connectivity index (χ2v) is 11.1. The van der Waals surface area contributed by atoms with E-state index in [0.717, 1.165) is 32.0 Å². The third-order valence-electron chi connectivity index (χ3n) is 8.46. The molecule has 3 aliphatic rings. The molecule has 0 radical (unpaired) electrons. The van der Waals surface area contributed by atoms with Crippen LogP contribution in [0.25, 0.3) is 11.4 Å². The molecule has 3 saturated heterocycles. The largest absolute Gasteiger partial charge is 0.489 e. The van der Waals surface area contributed by atoms with Crippen LogP contribution in [0.2, 0.25) is 0 Å². The number of nitriles is 1. The van der Waals surface area contributed by atoms with E-state index in [9.17, 15) is 10.1 Å². The van der Waals surface area contributed by atoms with Gasteiger partial charge in [0.2, 0.25) is 11.9 Å². The van der Waals surface area contributed by atoms with Gasteiger partial charge in [-0.25, -0.2) is 9.97 Å². The number of hydrogen-bond donors (Lipinski definition) is 2. The van der Waals surface area contributed by atoms with Gasteiger partial charge in [0.25, 0.3) is 0 Å². The van der Waals surface area contributed by atoms with Gasteiger partial charge in [-0.05, 0) is 67.7 Å². The molecule has 0 bridgehead atoms. The average molecular weight is 570 g/mol. The number of benzene rings is 2. The average Bonchev–Trinajstić information content (AvgIpc) is 3.01. The third kappa shape index (κ3) is 6.36. The number of piperidine rings is 2. The van der Waals surface area contributed by atoms with E-state index in [0.29, 0.717) is 66.5 Å². The minimum absolute atomic E-state index is 0.111.